The Hall–Kier alpha value is -0.200. The van der Waals surface area contributed by atoms with Gasteiger partial charge in [-0.25, -0.2) is 0 Å². The Bertz CT molecular complexity index is 225. The number of hydrogen-bond donors (Lipinski definition) is 3. The Morgan fingerprint density at radius 1 is 0.750 bits per heavy atom. The van der Waals surface area contributed by atoms with Gasteiger partial charge in [0.15, 0.2) is 0 Å². The van der Waals surface area contributed by atoms with Gasteiger partial charge in [0.2, 0.25) is 0 Å². The molecule has 0 aromatic heterocycles. The van der Waals surface area contributed by atoms with Gasteiger partial charge in [-0.3, -0.25) is 9.80 Å². The van der Waals surface area contributed by atoms with Crippen molar-refractivity contribution in [3.63, 3.8) is 0 Å². The molecule has 122 valence electrons. The molecule has 0 aromatic rings. The first-order valence-electron chi connectivity index (χ1n) is 7.87. The highest BCUT2D eigenvalue weighted by Crippen LogP contribution is 2.01. The standard InChI is InChI=1S/C15H34N2O3/c1-5-7-16(10-13(3)18)8-9-17(11-14(4)19)12-15(20)6-2/h13-15,18-20H,5-12H2,1-4H3. The zero-order chi connectivity index (χ0) is 15.5. The molecule has 5 nitrogen and oxygen atoms in total. The molecule has 0 aliphatic heterocycles. The molecule has 3 N–H and O–H groups in total. The van der Waals surface area contributed by atoms with Crippen LogP contribution < -0.4 is 0 Å². The minimum atomic E-state index is -0.393. The van der Waals surface area contributed by atoms with Crippen LogP contribution in [0.1, 0.15) is 40.5 Å². The summed E-state index contributed by atoms with van der Waals surface area (Å²) < 4.78 is 0. The third kappa shape index (κ3) is 10.6. The summed E-state index contributed by atoms with van der Waals surface area (Å²) in [4.78, 5) is 4.33. The summed E-state index contributed by atoms with van der Waals surface area (Å²) in [7, 11) is 0. The van der Waals surface area contributed by atoms with E-state index in [4.69, 9.17) is 0 Å². The second-order valence-electron chi connectivity index (χ2n) is 5.82. The molecule has 0 fully saturated rings. The molecular formula is C15H34N2O3. The van der Waals surface area contributed by atoms with Crippen LogP contribution in [0.15, 0.2) is 0 Å². The smallest absolute Gasteiger partial charge is 0.0664 e. The Kier molecular flexibility index (Phi) is 11.3. The highest BCUT2D eigenvalue weighted by atomic mass is 16.3. The van der Waals surface area contributed by atoms with E-state index in [1.54, 1.807) is 13.8 Å². The average molecular weight is 290 g/mol. The molecule has 0 bridgehead atoms. The Morgan fingerprint density at radius 3 is 1.70 bits per heavy atom. The van der Waals surface area contributed by atoms with Gasteiger partial charge < -0.3 is 15.3 Å². The number of aliphatic hydroxyl groups is 3. The highest BCUT2D eigenvalue weighted by Gasteiger charge is 2.15. The summed E-state index contributed by atoms with van der Waals surface area (Å²) in [6, 6.07) is 0. The summed E-state index contributed by atoms with van der Waals surface area (Å²) >= 11 is 0. The zero-order valence-electron chi connectivity index (χ0n) is 13.6. The molecule has 20 heavy (non-hydrogen) atoms. The maximum Gasteiger partial charge on any atom is 0.0664 e. The van der Waals surface area contributed by atoms with Crippen LogP contribution in [0, 0.1) is 0 Å². The topological polar surface area (TPSA) is 67.2 Å². The second-order valence-corrected chi connectivity index (χ2v) is 5.82. The predicted molar refractivity (Wildman–Crippen MR) is 82.8 cm³/mol. The van der Waals surface area contributed by atoms with Crippen LogP contribution in [0.2, 0.25) is 0 Å². The van der Waals surface area contributed by atoms with Gasteiger partial charge in [0.25, 0.3) is 0 Å². The maximum absolute atomic E-state index is 9.78. The fraction of sp³-hybridized carbons (Fsp3) is 1.00. The summed E-state index contributed by atoms with van der Waals surface area (Å²) in [6.45, 7) is 12.1. The molecule has 3 atom stereocenters. The van der Waals surface area contributed by atoms with Crippen molar-refractivity contribution < 1.29 is 15.3 Å². The van der Waals surface area contributed by atoms with Gasteiger partial charge in [0, 0.05) is 32.7 Å². The molecule has 3 unspecified atom stereocenters. The number of aliphatic hydroxyl groups excluding tert-OH is 3. The largest absolute Gasteiger partial charge is 0.392 e. The third-order valence-corrected chi connectivity index (χ3v) is 3.26. The normalized spacial score (nSPS) is 16.6. The summed E-state index contributed by atoms with van der Waals surface area (Å²) in [5.41, 5.74) is 0. The van der Waals surface area contributed by atoms with Crippen LogP contribution in [0.5, 0.6) is 0 Å². The Labute approximate surface area is 124 Å². The van der Waals surface area contributed by atoms with E-state index >= 15 is 0 Å². The first-order chi connectivity index (χ1) is 9.38. The van der Waals surface area contributed by atoms with Crippen molar-refractivity contribution in [3.05, 3.63) is 0 Å². The molecule has 0 aliphatic rings. The van der Waals surface area contributed by atoms with Gasteiger partial charge in [-0.15, -0.1) is 0 Å². The molecule has 0 heterocycles. The van der Waals surface area contributed by atoms with E-state index in [2.05, 4.69) is 16.7 Å². The fourth-order valence-electron chi connectivity index (χ4n) is 2.33. The van der Waals surface area contributed by atoms with Crippen LogP contribution in [-0.2, 0) is 0 Å². The summed E-state index contributed by atoms with van der Waals surface area (Å²) in [6.07, 6.45) is 0.720. The van der Waals surface area contributed by atoms with Gasteiger partial charge in [-0.1, -0.05) is 13.8 Å². The van der Waals surface area contributed by atoms with Crippen molar-refractivity contribution in [2.24, 2.45) is 0 Å². The lowest BCUT2D eigenvalue weighted by molar-refractivity contribution is 0.0614. The predicted octanol–water partition coefficient (Wildman–Crippen LogP) is 0.533. The van der Waals surface area contributed by atoms with Gasteiger partial charge in [0.1, 0.15) is 0 Å². The van der Waals surface area contributed by atoms with Crippen molar-refractivity contribution in [1.29, 1.82) is 0 Å². The zero-order valence-corrected chi connectivity index (χ0v) is 13.6. The lowest BCUT2D eigenvalue weighted by atomic mass is 10.2. The van der Waals surface area contributed by atoms with Gasteiger partial charge in [-0.05, 0) is 33.2 Å². The molecule has 0 aliphatic carbocycles. The SMILES string of the molecule is CCCN(CCN(CC(C)O)CC(O)CC)CC(C)O. The van der Waals surface area contributed by atoms with Gasteiger partial charge >= 0.3 is 0 Å². The molecule has 0 aromatic carbocycles. The van der Waals surface area contributed by atoms with E-state index in [1.165, 1.54) is 0 Å². The van der Waals surface area contributed by atoms with Crippen molar-refractivity contribution in [3.8, 4) is 0 Å². The molecule has 0 amide bonds. The highest BCUT2D eigenvalue weighted by molar-refractivity contribution is 4.69. The van der Waals surface area contributed by atoms with Crippen LogP contribution in [0.4, 0.5) is 0 Å². The van der Waals surface area contributed by atoms with Gasteiger partial charge in [0.05, 0.1) is 18.3 Å². The molecule has 0 saturated carbocycles. The van der Waals surface area contributed by atoms with E-state index in [0.29, 0.717) is 19.6 Å². The molecular weight excluding hydrogens is 256 g/mol. The molecule has 0 spiro atoms. The molecule has 0 saturated heterocycles. The Morgan fingerprint density at radius 2 is 1.25 bits per heavy atom. The van der Waals surface area contributed by atoms with Crippen LogP contribution >= 0.6 is 0 Å². The molecule has 5 heteroatoms. The van der Waals surface area contributed by atoms with E-state index in [-0.39, 0.29) is 12.2 Å². The van der Waals surface area contributed by atoms with E-state index in [9.17, 15) is 15.3 Å². The minimum Gasteiger partial charge on any atom is -0.392 e. The van der Waals surface area contributed by atoms with E-state index in [0.717, 1.165) is 32.5 Å². The lowest BCUT2D eigenvalue weighted by Crippen LogP contribution is -2.43. The van der Waals surface area contributed by atoms with E-state index < -0.39 is 6.10 Å². The average Bonchev–Trinajstić information content (AvgIpc) is 2.34. The first-order valence-corrected chi connectivity index (χ1v) is 7.87. The van der Waals surface area contributed by atoms with Gasteiger partial charge in [-0.2, -0.15) is 0 Å². The number of hydrogen-bond acceptors (Lipinski definition) is 5. The van der Waals surface area contributed by atoms with Crippen molar-refractivity contribution in [2.45, 2.75) is 58.8 Å². The summed E-state index contributed by atoms with van der Waals surface area (Å²) in [5, 5.41) is 28.8. The second kappa shape index (κ2) is 11.5. The van der Waals surface area contributed by atoms with Crippen molar-refractivity contribution in [2.75, 3.05) is 39.3 Å². The van der Waals surface area contributed by atoms with Crippen LogP contribution in [0.3, 0.4) is 0 Å². The first kappa shape index (κ1) is 19.8. The van der Waals surface area contributed by atoms with Crippen molar-refractivity contribution >= 4 is 0 Å². The molecule has 0 radical (unpaired) electrons. The summed E-state index contributed by atoms with van der Waals surface area (Å²) in [5.74, 6) is 0. The number of nitrogens with zero attached hydrogens (tertiary/aromatic N) is 2. The van der Waals surface area contributed by atoms with E-state index in [1.807, 2.05) is 6.92 Å². The quantitative estimate of drug-likeness (QED) is 0.489. The maximum atomic E-state index is 9.78. The number of rotatable bonds is 12. The Balaban J connectivity index is 4.30. The molecule has 0 rings (SSSR count). The third-order valence-electron chi connectivity index (χ3n) is 3.26. The monoisotopic (exact) mass is 290 g/mol. The van der Waals surface area contributed by atoms with Crippen molar-refractivity contribution in [1.82, 2.24) is 9.80 Å². The van der Waals surface area contributed by atoms with Crippen LogP contribution in [0.25, 0.3) is 0 Å². The minimum absolute atomic E-state index is 0.326. The fourth-order valence-corrected chi connectivity index (χ4v) is 2.33. The lowest BCUT2D eigenvalue weighted by Gasteiger charge is -2.30. The van der Waals surface area contributed by atoms with Crippen LogP contribution in [-0.4, -0.2) is 82.7 Å².